The highest BCUT2D eigenvalue weighted by Gasteiger charge is 2.25. The maximum absolute atomic E-state index is 12.9. The van der Waals surface area contributed by atoms with Gasteiger partial charge in [0.15, 0.2) is 0 Å². The van der Waals surface area contributed by atoms with E-state index in [2.05, 4.69) is 4.98 Å². The minimum atomic E-state index is -0.399. The van der Waals surface area contributed by atoms with Crippen LogP contribution in [0, 0.1) is 5.82 Å². The zero-order chi connectivity index (χ0) is 10.6. The largest absolute Gasteiger partial charge is 0.396 e. The van der Waals surface area contributed by atoms with Gasteiger partial charge in [0, 0.05) is 24.8 Å². The van der Waals surface area contributed by atoms with Crippen molar-refractivity contribution in [2.24, 2.45) is 5.73 Å². The van der Waals surface area contributed by atoms with Crippen LogP contribution in [0.15, 0.2) is 18.5 Å². The van der Waals surface area contributed by atoms with Crippen LogP contribution >= 0.6 is 0 Å². The molecule has 78 valence electrons. The normalized spacial score (nSPS) is 15.1. The van der Waals surface area contributed by atoms with Gasteiger partial charge in [-0.15, -0.1) is 0 Å². The number of pyridine rings is 1. The fraction of sp³-hybridized carbons (Fsp3) is 0.500. The van der Waals surface area contributed by atoms with E-state index >= 15 is 0 Å². The van der Waals surface area contributed by atoms with Crippen molar-refractivity contribution in [1.29, 1.82) is 0 Å². The molecule has 0 aliphatic rings. The third-order valence-corrected chi connectivity index (χ3v) is 2.52. The lowest BCUT2D eigenvalue weighted by molar-refractivity contribution is 0.246. The van der Waals surface area contributed by atoms with E-state index in [1.54, 1.807) is 6.20 Å². The van der Waals surface area contributed by atoms with Gasteiger partial charge in [-0.2, -0.15) is 0 Å². The van der Waals surface area contributed by atoms with E-state index in [4.69, 9.17) is 10.8 Å². The first kappa shape index (κ1) is 11.1. The molecule has 14 heavy (non-hydrogen) atoms. The first-order valence-electron chi connectivity index (χ1n) is 4.54. The number of aliphatic hydroxyl groups is 1. The fourth-order valence-corrected chi connectivity index (χ4v) is 1.35. The van der Waals surface area contributed by atoms with Crippen LogP contribution in [-0.2, 0) is 5.41 Å². The van der Waals surface area contributed by atoms with Crippen LogP contribution in [0.4, 0.5) is 4.39 Å². The van der Waals surface area contributed by atoms with E-state index in [9.17, 15) is 4.39 Å². The average Bonchev–Trinajstić information content (AvgIpc) is 2.18. The summed E-state index contributed by atoms with van der Waals surface area (Å²) in [5, 5.41) is 8.89. The second-order valence-electron chi connectivity index (χ2n) is 3.63. The number of hydrogen-bond donors (Lipinski definition) is 2. The summed E-state index contributed by atoms with van der Waals surface area (Å²) in [5.41, 5.74) is 5.95. The van der Waals surface area contributed by atoms with Gasteiger partial charge in [-0.1, -0.05) is 6.92 Å². The van der Waals surface area contributed by atoms with Crippen molar-refractivity contribution in [2.45, 2.75) is 18.8 Å². The molecule has 4 heteroatoms. The number of rotatable bonds is 4. The number of halogens is 1. The maximum atomic E-state index is 12.9. The number of aliphatic hydroxyl groups excluding tert-OH is 1. The first-order valence-corrected chi connectivity index (χ1v) is 4.54. The molecule has 0 bridgehead atoms. The fourth-order valence-electron chi connectivity index (χ4n) is 1.35. The highest BCUT2D eigenvalue weighted by atomic mass is 19.1. The Morgan fingerprint density at radius 1 is 1.57 bits per heavy atom. The number of nitrogens with zero attached hydrogens (tertiary/aromatic N) is 1. The quantitative estimate of drug-likeness (QED) is 0.753. The number of aromatic nitrogens is 1. The molecule has 1 aromatic rings. The van der Waals surface area contributed by atoms with Crippen LogP contribution in [0.5, 0.6) is 0 Å². The Morgan fingerprint density at radius 2 is 2.29 bits per heavy atom. The Labute approximate surface area is 82.8 Å². The topological polar surface area (TPSA) is 59.1 Å². The van der Waals surface area contributed by atoms with Crippen molar-refractivity contribution in [3.05, 3.63) is 29.8 Å². The summed E-state index contributed by atoms with van der Waals surface area (Å²) >= 11 is 0. The Morgan fingerprint density at radius 3 is 2.79 bits per heavy atom. The Kier molecular flexibility index (Phi) is 3.55. The van der Waals surface area contributed by atoms with Crippen molar-refractivity contribution in [1.82, 2.24) is 4.98 Å². The lowest BCUT2D eigenvalue weighted by Crippen LogP contribution is -2.33. The van der Waals surface area contributed by atoms with E-state index in [1.807, 2.05) is 6.92 Å². The lowest BCUT2D eigenvalue weighted by Gasteiger charge is -2.27. The second kappa shape index (κ2) is 4.48. The molecule has 0 aromatic carbocycles. The molecule has 1 rings (SSSR count). The van der Waals surface area contributed by atoms with Gasteiger partial charge in [0.25, 0.3) is 0 Å². The second-order valence-corrected chi connectivity index (χ2v) is 3.63. The van der Waals surface area contributed by atoms with Crippen LogP contribution in [-0.4, -0.2) is 23.2 Å². The molecular formula is C10H15FN2O. The van der Waals surface area contributed by atoms with E-state index in [0.717, 1.165) is 11.8 Å². The predicted molar refractivity (Wildman–Crippen MR) is 52.3 cm³/mol. The molecule has 0 aliphatic heterocycles. The smallest absolute Gasteiger partial charge is 0.141 e. The molecule has 0 radical (unpaired) electrons. The van der Waals surface area contributed by atoms with Crippen LogP contribution in [0.25, 0.3) is 0 Å². The highest BCUT2D eigenvalue weighted by Crippen LogP contribution is 2.25. The van der Waals surface area contributed by atoms with Crippen molar-refractivity contribution in [3.8, 4) is 0 Å². The van der Waals surface area contributed by atoms with E-state index in [1.165, 1.54) is 6.07 Å². The zero-order valence-corrected chi connectivity index (χ0v) is 8.20. The maximum Gasteiger partial charge on any atom is 0.141 e. The van der Waals surface area contributed by atoms with Gasteiger partial charge in [-0.25, -0.2) is 4.39 Å². The van der Waals surface area contributed by atoms with Crippen molar-refractivity contribution < 1.29 is 9.50 Å². The van der Waals surface area contributed by atoms with Crippen LogP contribution in [0.3, 0.4) is 0 Å². The molecule has 0 aliphatic carbocycles. The van der Waals surface area contributed by atoms with Crippen LogP contribution in [0.1, 0.15) is 18.9 Å². The molecule has 0 fully saturated rings. The molecule has 0 amide bonds. The minimum absolute atomic E-state index is 0.0320. The third kappa shape index (κ3) is 2.27. The SMILES string of the molecule is CC(CN)(CCO)c1cncc(F)c1. The molecule has 3 N–H and O–H groups in total. The van der Waals surface area contributed by atoms with E-state index in [-0.39, 0.29) is 12.4 Å². The predicted octanol–water partition coefficient (Wildman–Crippen LogP) is 0.820. The molecular weight excluding hydrogens is 183 g/mol. The molecule has 3 nitrogen and oxygen atoms in total. The molecule has 0 saturated carbocycles. The standard InChI is InChI=1S/C10H15FN2O/c1-10(7-12,2-3-14)8-4-9(11)6-13-5-8/h4-6,14H,2-3,7,12H2,1H3. The number of hydrogen-bond acceptors (Lipinski definition) is 3. The van der Waals surface area contributed by atoms with Gasteiger partial charge < -0.3 is 10.8 Å². The average molecular weight is 198 g/mol. The molecule has 0 saturated heterocycles. The summed E-state index contributed by atoms with van der Waals surface area (Å²) < 4.78 is 12.9. The first-order chi connectivity index (χ1) is 6.62. The summed E-state index contributed by atoms with van der Waals surface area (Å²) in [6, 6.07) is 1.41. The Hall–Kier alpha value is -1.00. The Bertz CT molecular complexity index is 306. The highest BCUT2D eigenvalue weighted by molar-refractivity contribution is 5.21. The third-order valence-electron chi connectivity index (χ3n) is 2.52. The van der Waals surface area contributed by atoms with Crippen molar-refractivity contribution in [2.75, 3.05) is 13.2 Å². The summed E-state index contributed by atoms with van der Waals surface area (Å²) in [6.07, 6.45) is 3.25. The Balaban J connectivity index is 2.99. The molecule has 1 heterocycles. The van der Waals surface area contributed by atoms with Gasteiger partial charge in [0.2, 0.25) is 0 Å². The van der Waals surface area contributed by atoms with Gasteiger partial charge in [0.1, 0.15) is 5.82 Å². The van der Waals surface area contributed by atoms with Crippen molar-refractivity contribution in [3.63, 3.8) is 0 Å². The molecule has 0 spiro atoms. The molecule has 1 atom stereocenters. The molecule has 1 aromatic heterocycles. The van der Waals surface area contributed by atoms with Crippen molar-refractivity contribution >= 4 is 0 Å². The van der Waals surface area contributed by atoms with Gasteiger partial charge >= 0.3 is 0 Å². The molecule has 1 unspecified atom stereocenters. The van der Waals surface area contributed by atoms with E-state index < -0.39 is 5.41 Å². The zero-order valence-electron chi connectivity index (χ0n) is 8.20. The van der Waals surface area contributed by atoms with Crippen LogP contribution in [0.2, 0.25) is 0 Å². The monoisotopic (exact) mass is 198 g/mol. The lowest BCUT2D eigenvalue weighted by atomic mass is 9.81. The van der Waals surface area contributed by atoms with Gasteiger partial charge in [-0.3, -0.25) is 4.98 Å². The summed E-state index contributed by atoms with van der Waals surface area (Å²) in [7, 11) is 0. The van der Waals surface area contributed by atoms with Gasteiger partial charge in [0.05, 0.1) is 6.20 Å². The van der Waals surface area contributed by atoms with E-state index in [0.29, 0.717) is 13.0 Å². The number of nitrogens with two attached hydrogens (primary N) is 1. The summed E-state index contributed by atoms with van der Waals surface area (Å²) in [4.78, 5) is 3.77. The summed E-state index contributed by atoms with van der Waals surface area (Å²) in [5.74, 6) is -0.375. The summed E-state index contributed by atoms with van der Waals surface area (Å²) in [6.45, 7) is 2.28. The van der Waals surface area contributed by atoms with Crippen LogP contribution < -0.4 is 5.73 Å². The minimum Gasteiger partial charge on any atom is -0.396 e. The van der Waals surface area contributed by atoms with Gasteiger partial charge in [-0.05, 0) is 18.1 Å².